The zero-order valence-corrected chi connectivity index (χ0v) is 13.2. The van der Waals surface area contributed by atoms with Crippen molar-refractivity contribution >= 4 is 16.6 Å². The number of aromatic amines is 1. The molecule has 2 N–H and O–H groups in total. The monoisotopic (exact) mass is 309 g/mol. The highest BCUT2D eigenvalue weighted by atomic mass is 16.5. The fourth-order valence-corrected chi connectivity index (χ4v) is 3.08. The van der Waals surface area contributed by atoms with Crippen LogP contribution in [0, 0.1) is 0 Å². The van der Waals surface area contributed by atoms with E-state index in [-0.39, 0.29) is 6.10 Å². The number of hydrogen-bond donors (Lipinski definition) is 2. The van der Waals surface area contributed by atoms with Crippen LogP contribution < -0.4 is 14.8 Å². The van der Waals surface area contributed by atoms with Crippen LogP contribution in [-0.4, -0.2) is 23.4 Å². The van der Waals surface area contributed by atoms with Crippen molar-refractivity contribution in [1.29, 1.82) is 0 Å². The third-order valence-corrected chi connectivity index (χ3v) is 4.20. The van der Waals surface area contributed by atoms with Gasteiger partial charge in [0.25, 0.3) is 0 Å². The fraction of sp³-hybridized carbons (Fsp3) is 0.278. The smallest absolute Gasteiger partial charge is 0.128 e. The summed E-state index contributed by atoms with van der Waals surface area (Å²) in [6.07, 6.45) is 2.98. The molecule has 0 bridgehead atoms. The number of nitrogens with zero attached hydrogens (tertiary/aromatic N) is 1. The van der Waals surface area contributed by atoms with Gasteiger partial charge in [-0.3, -0.25) is 5.10 Å². The molecule has 0 aliphatic carbocycles. The van der Waals surface area contributed by atoms with Gasteiger partial charge >= 0.3 is 0 Å². The third kappa shape index (κ3) is 2.59. The molecule has 0 unspecified atom stereocenters. The molecule has 118 valence electrons. The van der Waals surface area contributed by atoms with Crippen molar-refractivity contribution in [1.82, 2.24) is 10.2 Å². The Morgan fingerprint density at radius 1 is 1.35 bits per heavy atom. The molecular weight excluding hydrogens is 290 g/mol. The van der Waals surface area contributed by atoms with Crippen molar-refractivity contribution in [3.8, 4) is 11.5 Å². The average molecular weight is 309 g/mol. The summed E-state index contributed by atoms with van der Waals surface area (Å²) in [6, 6.07) is 10.3. The van der Waals surface area contributed by atoms with Gasteiger partial charge in [0.1, 0.15) is 17.6 Å². The number of nitrogens with one attached hydrogen (secondary N) is 2. The SMILES string of the molecule is COc1cc(CNc2ccc3[nH]ncc3c2)c2c(c1)C[C@@H](C)O2. The Hall–Kier alpha value is -2.69. The van der Waals surface area contributed by atoms with Gasteiger partial charge in [-0.05, 0) is 37.3 Å². The molecule has 0 radical (unpaired) electrons. The molecule has 1 atom stereocenters. The molecule has 0 saturated carbocycles. The van der Waals surface area contributed by atoms with Gasteiger partial charge in [0.15, 0.2) is 0 Å². The van der Waals surface area contributed by atoms with E-state index >= 15 is 0 Å². The minimum Gasteiger partial charge on any atom is -0.497 e. The molecule has 2 heterocycles. The molecule has 23 heavy (non-hydrogen) atoms. The highest BCUT2D eigenvalue weighted by Gasteiger charge is 2.23. The maximum atomic E-state index is 5.97. The van der Waals surface area contributed by atoms with Gasteiger partial charge in [0.2, 0.25) is 0 Å². The van der Waals surface area contributed by atoms with Gasteiger partial charge < -0.3 is 14.8 Å². The molecule has 3 aromatic rings. The number of benzene rings is 2. The molecule has 1 aliphatic heterocycles. The average Bonchev–Trinajstić information content (AvgIpc) is 3.16. The Balaban J connectivity index is 1.60. The zero-order chi connectivity index (χ0) is 15.8. The molecule has 0 fully saturated rings. The molecule has 0 saturated heterocycles. The molecular formula is C18H19N3O2. The molecule has 1 aliphatic rings. The lowest BCUT2D eigenvalue weighted by Crippen LogP contribution is -2.07. The van der Waals surface area contributed by atoms with E-state index < -0.39 is 0 Å². The van der Waals surface area contributed by atoms with Crippen LogP contribution in [0.15, 0.2) is 36.5 Å². The minimum absolute atomic E-state index is 0.220. The van der Waals surface area contributed by atoms with E-state index in [9.17, 15) is 0 Å². The molecule has 1 aromatic heterocycles. The normalized spacial score (nSPS) is 16.2. The summed E-state index contributed by atoms with van der Waals surface area (Å²) in [7, 11) is 1.70. The van der Waals surface area contributed by atoms with Crippen molar-refractivity contribution in [3.63, 3.8) is 0 Å². The van der Waals surface area contributed by atoms with Gasteiger partial charge in [-0.25, -0.2) is 0 Å². The highest BCUT2D eigenvalue weighted by Crippen LogP contribution is 2.36. The highest BCUT2D eigenvalue weighted by molar-refractivity contribution is 5.81. The van der Waals surface area contributed by atoms with Gasteiger partial charge in [-0.1, -0.05) is 0 Å². The van der Waals surface area contributed by atoms with Gasteiger partial charge in [0.05, 0.1) is 18.8 Å². The second-order valence-electron chi connectivity index (χ2n) is 5.93. The Kier molecular flexibility index (Phi) is 3.33. The maximum absolute atomic E-state index is 5.97. The second-order valence-corrected chi connectivity index (χ2v) is 5.93. The first-order chi connectivity index (χ1) is 11.2. The van der Waals surface area contributed by atoms with E-state index in [0.29, 0.717) is 6.54 Å². The summed E-state index contributed by atoms with van der Waals surface area (Å²) < 4.78 is 11.4. The topological polar surface area (TPSA) is 59.2 Å². The Morgan fingerprint density at radius 2 is 2.26 bits per heavy atom. The second kappa shape index (κ2) is 5.50. The largest absolute Gasteiger partial charge is 0.497 e. The van der Waals surface area contributed by atoms with E-state index in [1.807, 2.05) is 24.4 Å². The molecule has 0 amide bonds. The Morgan fingerprint density at radius 3 is 3.13 bits per heavy atom. The van der Waals surface area contributed by atoms with Crippen molar-refractivity contribution in [2.75, 3.05) is 12.4 Å². The number of hydrogen-bond acceptors (Lipinski definition) is 4. The summed E-state index contributed by atoms with van der Waals surface area (Å²) in [6.45, 7) is 2.78. The molecule has 2 aromatic carbocycles. The summed E-state index contributed by atoms with van der Waals surface area (Å²) in [5, 5.41) is 11.6. The number of anilines is 1. The van der Waals surface area contributed by atoms with E-state index in [0.717, 1.165) is 40.1 Å². The molecule has 5 heteroatoms. The third-order valence-electron chi connectivity index (χ3n) is 4.20. The summed E-state index contributed by atoms with van der Waals surface area (Å²) in [4.78, 5) is 0. The van der Waals surface area contributed by atoms with E-state index in [4.69, 9.17) is 9.47 Å². The summed E-state index contributed by atoms with van der Waals surface area (Å²) >= 11 is 0. The van der Waals surface area contributed by atoms with E-state index in [2.05, 4.69) is 34.6 Å². The van der Waals surface area contributed by atoms with Crippen LogP contribution >= 0.6 is 0 Å². The van der Waals surface area contributed by atoms with Crippen molar-refractivity contribution in [3.05, 3.63) is 47.7 Å². The van der Waals surface area contributed by atoms with E-state index in [1.165, 1.54) is 5.56 Å². The lowest BCUT2D eigenvalue weighted by Gasteiger charge is -2.13. The van der Waals surface area contributed by atoms with Crippen LogP contribution in [0.5, 0.6) is 11.5 Å². The Labute approximate surface area is 134 Å². The summed E-state index contributed by atoms with van der Waals surface area (Å²) in [5.41, 5.74) is 4.44. The lowest BCUT2D eigenvalue weighted by atomic mass is 10.1. The van der Waals surface area contributed by atoms with Crippen molar-refractivity contribution in [2.24, 2.45) is 0 Å². The quantitative estimate of drug-likeness (QED) is 0.774. The number of aromatic nitrogens is 2. The first-order valence-corrected chi connectivity index (χ1v) is 7.76. The standard InChI is InChI=1S/C18H19N3O2/c1-11-5-12-7-16(22-2)8-14(18(12)23-11)9-19-15-3-4-17-13(6-15)10-20-21-17/h3-4,6-8,10-11,19H,5,9H2,1-2H3,(H,20,21)/t11-/m1/s1. The number of methoxy groups -OCH3 is 1. The van der Waals surface area contributed by atoms with Crippen molar-refractivity contribution < 1.29 is 9.47 Å². The van der Waals surface area contributed by atoms with Crippen LogP contribution in [-0.2, 0) is 13.0 Å². The number of fused-ring (bicyclic) bond motifs is 2. The van der Waals surface area contributed by atoms with Gasteiger partial charge in [0, 0.05) is 35.2 Å². The number of H-pyrrole nitrogens is 1. The maximum Gasteiger partial charge on any atom is 0.128 e. The lowest BCUT2D eigenvalue weighted by molar-refractivity contribution is 0.252. The van der Waals surface area contributed by atoms with Crippen LogP contribution in [0.1, 0.15) is 18.1 Å². The first-order valence-electron chi connectivity index (χ1n) is 7.76. The van der Waals surface area contributed by atoms with Crippen LogP contribution in [0.3, 0.4) is 0 Å². The van der Waals surface area contributed by atoms with Crippen molar-refractivity contribution in [2.45, 2.75) is 26.0 Å². The first kappa shape index (κ1) is 13.9. The zero-order valence-electron chi connectivity index (χ0n) is 13.2. The predicted molar refractivity (Wildman–Crippen MR) is 90.2 cm³/mol. The van der Waals surface area contributed by atoms with Gasteiger partial charge in [-0.2, -0.15) is 5.10 Å². The Bertz CT molecular complexity index is 857. The minimum atomic E-state index is 0.220. The summed E-state index contributed by atoms with van der Waals surface area (Å²) in [5.74, 6) is 1.87. The molecule has 4 rings (SSSR count). The molecule has 5 nitrogen and oxygen atoms in total. The number of ether oxygens (including phenoxy) is 2. The van der Waals surface area contributed by atoms with Crippen LogP contribution in [0.4, 0.5) is 5.69 Å². The van der Waals surface area contributed by atoms with Gasteiger partial charge in [-0.15, -0.1) is 0 Å². The number of rotatable bonds is 4. The van der Waals surface area contributed by atoms with Crippen LogP contribution in [0.25, 0.3) is 10.9 Å². The fourth-order valence-electron chi connectivity index (χ4n) is 3.08. The predicted octanol–water partition coefficient (Wildman–Crippen LogP) is 3.51. The molecule has 0 spiro atoms. The van der Waals surface area contributed by atoms with Crippen LogP contribution in [0.2, 0.25) is 0 Å². The van der Waals surface area contributed by atoms with E-state index in [1.54, 1.807) is 7.11 Å².